The van der Waals surface area contributed by atoms with E-state index in [9.17, 15) is 5.11 Å². The smallest absolute Gasteiger partial charge is 0.115 e. The highest BCUT2D eigenvalue weighted by atomic mass is 16.3. The summed E-state index contributed by atoms with van der Waals surface area (Å²) in [5, 5.41) is 10.0. The van der Waals surface area contributed by atoms with Crippen LogP contribution in [0.15, 0.2) is 18.2 Å². The van der Waals surface area contributed by atoms with Gasteiger partial charge in [-0.25, -0.2) is 0 Å². The van der Waals surface area contributed by atoms with Gasteiger partial charge >= 0.3 is 0 Å². The molecule has 0 saturated carbocycles. The number of likely N-dealkylation sites (tertiary alicyclic amines) is 1. The summed E-state index contributed by atoms with van der Waals surface area (Å²) >= 11 is 0. The molecule has 1 N–H and O–H groups in total. The van der Waals surface area contributed by atoms with Crippen molar-refractivity contribution in [1.82, 2.24) is 4.90 Å². The lowest BCUT2D eigenvalue weighted by Crippen LogP contribution is -2.58. The molecule has 0 unspecified atom stereocenters. The molecule has 0 radical (unpaired) electrons. The molecule has 140 valence electrons. The maximum Gasteiger partial charge on any atom is 0.115 e. The van der Waals surface area contributed by atoms with Crippen LogP contribution in [0.25, 0.3) is 0 Å². The topological polar surface area (TPSA) is 23.5 Å². The van der Waals surface area contributed by atoms with Gasteiger partial charge in [0.15, 0.2) is 0 Å². The van der Waals surface area contributed by atoms with Gasteiger partial charge in [0.2, 0.25) is 0 Å². The van der Waals surface area contributed by atoms with Gasteiger partial charge in [-0.2, -0.15) is 0 Å². The molecule has 3 rings (SSSR count). The van der Waals surface area contributed by atoms with Gasteiger partial charge in [-0.1, -0.05) is 65.4 Å². The minimum Gasteiger partial charge on any atom is -0.508 e. The number of phenols is 1. The minimum atomic E-state index is 0.239. The van der Waals surface area contributed by atoms with Crippen molar-refractivity contribution in [2.45, 2.75) is 90.0 Å². The van der Waals surface area contributed by atoms with Gasteiger partial charge in [0.25, 0.3) is 0 Å². The molecule has 1 aliphatic carbocycles. The number of benzene rings is 1. The lowest BCUT2D eigenvalue weighted by Gasteiger charge is -2.55. The van der Waals surface area contributed by atoms with Crippen molar-refractivity contribution in [2.24, 2.45) is 5.92 Å². The normalized spacial score (nSPS) is 28.8. The van der Waals surface area contributed by atoms with E-state index in [1.807, 2.05) is 6.07 Å². The molecule has 1 fully saturated rings. The molecule has 3 atom stereocenters. The third-order valence-electron chi connectivity index (χ3n) is 7.05. The Balaban J connectivity index is 1.68. The molecule has 0 amide bonds. The van der Waals surface area contributed by atoms with Crippen molar-refractivity contribution in [3.8, 4) is 5.75 Å². The molecule has 25 heavy (non-hydrogen) atoms. The average molecular weight is 344 g/mol. The largest absolute Gasteiger partial charge is 0.508 e. The van der Waals surface area contributed by atoms with Crippen LogP contribution in [0.2, 0.25) is 0 Å². The van der Waals surface area contributed by atoms with Crippen molar-refractivity contribution < 1.29 is 5.11 Å². The Bertz CT molecular complexity index is 569. The Hall–Kier alpha value is -1.02. The third kappa shape index (κ3) is 3.74. The lowest BCUT2D eigenvalue weighted by atomic mass is 9.57. The Morgan fingerprint density at radius 3 is 2.64 bits per heavy atom. The predicted octanol–water partition coefficient (Wildman–Crippen LogP) is 5.67. The number of nitrogens with zero attached hydrogens (tertiary/aromatic N) is 1. The molecular formula is C23H37NO. The zero-order valence-electron chi connectivity index (χ0n) is 16.6. The molecule has 1 heterocycles. The Kier molecular flexibility index (Phi) is 6.09. The van der Waals surface area contributed by atoms with Crippen LogP contribution in [0.5, 0.6) is 5.75 Å². The zero-order valence-corrected chi connectivity index (χ0v) is 16.6. The lowest BCUT2D eigenvalue weighted by molar-refractivity contribution is 0.0187. The Morgan fingerprint density at radius 1 is 1.12 bits per heavy atom. The number of fused-ring (bicyclic) bond motifs is 4. The van der Waals surface area contributed by atoms with E-state index in [0.717, 1.165) is 5.92 Å². The Labute approximate surface area is 154 Å². The number of piperidine rings is 1. The Morgan fingerprint density at radius 2 is 1.88 bits per heavy atom. The molecule has 0 aromatic heterocycles. The van der Waals surface area contributed by atoms with E-state index in [1.165, 1.54) is 82.0 Å². The molecule has 2 heteroatoms. The summed E-state index contributed by atoms with van der Waals surface area (Å²) in [6, 6.07) is 6.80. The van der Waals surface area contributed by atoms with Gasteiger partial charge in [0, 0.05) is 6.04 Å². The summed E-state index contributed by atoms with van der Waals surface area (Å²) in [5.74, 6) is 1.15. The summed E-state index contributed by atoms with van der Waals surface area (Å²) in [6.45, 7) is 9.60. The standard InChI is InChI=1S/C23H37NO/c1-4-6-7-8-9-10-14-24-15-13-23(3)20(5-2)22(24)16-18-11-12-19(25)17-21(18)23/h11-12,17,20,22,25H,4-10,13-16H2,1-3H3/t20-,22+,23-/m0/s1. The van der Waals surface area contributed by atoms with Crippen LogP contribution in [-0.2, 0) is 11.8 Å². The first-order valence-electron chi connectivity index (χ1n) is 10.7. The second-order valence-electron chi connectivity index (χ2n) is 8.60. The number of aromatic hydroxyl groups is 1. The fraction of sp³-hybridized carbons (Fsp3) is 0.739. The summed E-state index contributed by atoms with van der Waals surface area (Å²) in [4.78, 5) is 2.80. The molecule has 2 bridgehead atoms. The molecule has 1 saturated heterocycles. The highest BCUT2D eigenvalue weighted by molar-refractivity contribution is 5.44. The van der Waals surface area contributed by atoms with Gasteiger partial charge in [0.05, 0.1) is 0 Å². The molecule has 1 aliphatic heterocycles. The van der Waals surface area contributed by atoms with E-state index in [4.69, 9.17) is 0 Å². The van der Waals surface area contributed by atoms with Gasteiger partial charge < -0.3 is 5.11 Å². The van der Waals surface area contributed by atoms with Gasteiger partial charge in [-0.3, -0.25) is 4.90 Å². The summed E-state index contributed by atoms with van der Waals surface area (Å²) < 4.78 is 0. The van der Waals surface area contributed by atoms with Crippen molar-refractivity contribution >= 4 is 0 Å². The summed E-state index contributed by atoms with van der Waals surface area (Å²) in [6.07, 6.45) is 11.9. The van der Waals surface area contributed by atoms with E-state index in [1.54, 1.807) is 0 Å². The molecule has 1 aromatic rings. The van der Waals surface area contributed by atoms with Crippen LogP contribution in [0, 0.1) is 5.92 Å². The monoisotopic (exact) mass is 343 g/mol. The van der Waals surface area contributed by atoms with Crippen LogP contribution in [0.4, 0.5) is 0 Å². The highest BCUT2D eigenvalue weighted by Crippen LogP contribution is 2.50. The number of hydrogen-bond donors (Lipinski definition) is 1. The van der Waals surface area contributed by atoms with Crippen molar-refractivity contribution in [2.75, 3.05) is 13.1 Å². The van der Waals surface area contributed by atoms with Crippen molar-refractivity contribution in [3.63, 3.8) is 0 Å². The average Bonchev–Trinajstić information content (AvgIpc) is 2.60. The number of unbranched alkanes of at least 4 members (excludes halogenated alkanes) is 5. The maximum atomic E-state index is 10.0. The first-order chi connectivity index (χ1) is 12.1. The van der Waals surface area contributed by atoms with Crippen LogP contribution in [0.3, 0.4) is 0 Å². The number of phenolic OH excluding ortho intramolecular Hbond substituents is 1. The van der Waals surface area contributed by atoms with Gasteiger partial charge in [-0.15, -0.1) is 0 Å². The fourth-order valence-electron chi connectivity index (χ4n) is 5.61. The molecule has 2 aliphatic rings. The second kappa shape index (κ2) is 8.12. The van der Waals surface area contributed by atoms with E-state index in [2.05, 4.69) is 37.8 Å². The molecule has 1 aromatic carbocycles. The number of hydrogen-bond acceptors (Lipinski definition) is 2. The first-order valence-corrected chi connectivity index (χ1v) is 10.7. The van der Waals surface area contributed by atoms with Crippen molar-refractivity contribution in [1.29, 1.82) is 0 Å². The van der Waals surface area contributed by atoms with Gasteiger partial charge in [-0.05, 0) is 66.9 Å². The van der Waals surface area contributed by atoms with Crippen LogP contribution in [-0.4, -0.2) is 29.1 Å². The highest BCUT2D eigenvalue weighted by Gasteiger charge is 2.49. The number of rotatable bonds is 8. The quantitative estimate of drug-likeness (QED) is 0.615. The van der Waals surface area contributed by atoms with Gasteiger partial charge in [0.1, 0.15) is 5.75 Å². The zero-order chi connectivity index (χ0) is 17.9. The fourth-order valence-corrected chi connectivity index (χ4v) is 5.61. The summed E-state index contributed by atoms with van der Waals surface area (Å²) in [5.41, 5.74) is 3.14. The molecule has 2 nitrogen and oxygen atoms in total. The van der Waals surface area contributed by atoms with E-state index < -0.39 is 0 Å². The molecule has 0 spiro atoms. The van der Waals surface area contributed by atoms with Crippen LogP contribution >= 0.6 is 0 Å². The first kappa shape index (κ1) is 18.8. The summed E-state index contributed by atoms with van der Waals surface area (Å²) in [7, 11) is 0. The predicted molar refractivity (Wildman–Crippen MR) is 106 cm³/mol. The van der Waals surface area contributed by atoms with Crippen molar-refractivity contribution in [3.05, 3.63) is 29.3 Å². The maximum absolute atomic E-state index is 10.0. The second-order valence-corrected chi connectivity index (χ2v) is 8.60. The van der Waals surface area contributed by atoms with E-state index >= 15 is 0 Å². The van der Waals surface area contributed by atoms with Crippen LogP contribution in [0.1, 0.15) is 83.3 Å². The third-order valence-corrected chi connectivity index (χ3v) is 7.05. The molecular weight excluding hydrogens is 306 g/mol. The van der Waals surface area contributed by atoms with E-state index in [-0.39, 0.29) is 5.41 Å². The SMILES string of the molecule is CCCCCCCCN1CC[C@]2(C)c3cc(O)ccc3C[C@@H]1[C@@H]2CC. The van der Waals surface area contributed by atoms with E-state index in [0.29, 0.717) is 11.8 Å². The minimum absolute atomic E-state index is 0.239. The van der Waals surface area contributed by atoms with Crippen LogP contribution < -0.4 is 0 Å².